The summed E-state index contributed by atoms with van der Waals surface area (Å²) in [7, 11) is 0. The SMILES string of the molecule is CC=CC1C=CCC1. The number of rotatable bonds is 1. The number of allylic oxidation sites excluding steroid dienone is 4. The Balaban J connectivity index is 2.36. The average Bonchev–Trinajstić information content (AvgIpc) is 2.19. The van der Waals surface area contributed by atoms with Gasteiger partial charge in [-0.05, 0) is 25.7 Å². The fraction of sp³-hybridized carbons (Fsp3) is 0.500. The summed E-state index contributed by atoms with van der Waals surface area (Å²) in [4.78, 5) is 0. The molecule has 1 aliphatic carbocycles. The predicted molar refractivity (Wildman–Crippen MR) is 36.7 cm³/mol. The third kappa shape index (κ3) is 1.22. The zero-order valence-corrected chi connectivity index (χ0v) is 5.30. The molecule has 0 aliphatic heterocycles. The van der Waals surface area contributed by atoms with E-state index in [4.69, 9.17) is 0 Å². The first kappa shape index (κ1) is 5.61. The molecule has 1 atom stereocenters. The van der Waals surface area contributed by atoms with Gasteiger partial charge in [0.2, 0.25) is 0 Å². The highest BCUT2D eigenvalue weighted by molar-refractivity contribution is 5.05. The Kier molecular flexibility index (Phi) is 1.90. The maximum Gasteiger partial charge on any atom is -0.00507 e. The summed E-state index contributed by atoms with van der Waals surface area (Å²) in [6.07, 6.45) is 11.5. The third-order valence-corrected chi connectivity index (χ3v) is 1.49. The Morgan fingerprint density at radius 3 is 3.00 bits per heavy atom. The van der Waals surface area contributed by atoms with Crippen LogP contribution in [0.15, 0.2) is 24.3 Å². The molecule has 0 aromatic carbocycles. The molecular formula is C8H12. The summed E-state index contributed by atoms with van der Waals surface area (Å²) in [6, 6.07) is 0. The minimum atomic E-state index is 0.750. The summed E-state index contributed by atoms with van der Waals surface area (Å²) < 4.78 is 0. The molecule has 44 valence electrons. The molecule has 0 fully saturated rings. The Morgan fingerprint density at radius 1 is 1.62 bits per heavy atom. The van der Waals surface area contributed by atoms with Crippen LogP contribution in [0.4, 0.5) is 0 Å². The summed E-state index contributed by atoms with van der Waals surface area (Å²) >= 11 is 0. The minimum Gasteiger partial charge on any atom is -0.0911 e. The van der Waals surface area contributed by atoms with E-state index in [2.05, 4.69) is 31.2 Å². The van der Waals surface area contributed by atoms with Crippen LogP contribution in [0.1, 0.15) is 19.8 Å². The van der Waals surface area contributed by atoms with Gasteiger partial charge in [-0.15, -0.1) is 0 Å². The van der Waals surface area contributed by atoms with Crippen molar-refractivity contribution in [3.63, 3.8) is 0 Å². The Morgan fingerprint density at radius 2 is 2.50 bits per heavy atom. The molecule has 0 aromatic rings. The second kappa shape index (κ2) is 2.71. The molecule has 0 saturated carbocycles. The van der Waals surface area contributed by atoms with Gasteiger partial charge in [0.15, 0.2) is 0 Å². The lowest BCUT2D eigenvalue weighted by Gasteiger charge is -1.94. The highest BCUT2D eigenvalue weighted by Gasteiger charge is 2.02. The van der Waals surface area contributed by atoms with Crippen LogP contribution >= 0.6 is 0 Å². The fourth-order valence-electron chi connectivity index (χ4n) is 1.06. The van der Waals surface area contributed by atoms with E-state index < -0.39 is 0 Å². The number of hydrogen-bond donors (Lipinski definition) is 0. The van der Waals surface area contributed by atoms with E-state index in [1.807, 2.05) is 0 Å². The number of hydrogen-bond acceptors (Lipinski definition) is 0. The molecule has 0 bridgehead atoms. The summed E-state index contributed by atoms with van der Waals surface area (Å²) in [5.74, 6) is 0.750. The Bertz CT molecular complexity index is 109. The molecule has 0 radical (unpaired) electrons. The van der Waals surface area contributed by atoms with E-state index in [9.17, 15) is 0 Å². The molecule has 8 heavy (non-hydrogen) atoms. The average molecular weight is 108 g/mol. The molecule has 0 N–H and O–H groups in total. The lowest BCUT2D eigenvalue weighted by molar-refractivity contribution is 0.771. The van der Waals surface area contributed by atoms with Crippen molar-refractivity contribution in [3.05, 3.63) is 24.3 Å². The van der Waals surface area contributed by atoms with Crippen molar-refractivity contribution < 1.29 is 0 Å². The Hall–Kier alpha value is -0.520. The maximum atomic E-state index is 2.28. The molecule has 1 rings (SSSR count). The van der Waals surface area contributed by atoms with Crippen LogP contribution in [0.5, 0.6) is 0 Å². The second-order valence-electron chi connectivity index (χ2n) is 2.20. The topological polar surface area (TPSA) is 0 Å². The van der Waals surface area contributed by atoms with E-state index in [-0.39, 0.29) is 0 Å². The van der Waals surface area contributed by atoms with Gasteiger partial charge in [0.05, 0.1) is 0 Å². The standard InChI is InChI=1S/C8H12/c1-2-5-8-6-3-4-7-8/h2-3,5-6,8H,4,7H2,1H3. The fourth-order valence-corrected chi connectivity index (χ4v) is 1.06. The third-order valence-electron chi connectivity index (χ3n) is 1.49. The van der Waals surface area contributed by atoms with Crippen molar-refractivity contribution in [1.82, 2.24) is 0 Å². The Labute approximate surface area is 50.9 Å². The zero-order valence-electron chi connectivity index (χ0n) is 5.30. The van der Waals surface area contributed by atoms with Crippen LogP contribution in [-0.4, -0.2) is 0 Å². The molecule has 0 heteroatoms. The van der Waals surface area contributed by atoms with Gasteiger partial charge < -0.3 is 0 Å². The molecule has 0 nitrogen and oxygen atoms in total. The first-order valence-electron chi connectivity index (χ1n) is 3.23. The summed E-state index contributed by atoms with van der Waals surface area (Å²) in [5.41, 5.74) is 0. The lowest BCUT2D eigenvalue weighted by atomic mass is 10.1. The molecule has 0 heterocycles. The molecule has 1 aliphatic rings. The van der Waals surface area contributed by atoms with Crippen LogP contribution in [0, 0.1) is 5.92 Å². The zero-order chi connectivity index (χ0) is 5.82. The van der Waals surface area contributed by atoms with Gasteiger partial charge in [-0.1, -0.05) is 24.3 Å². The van der Waals surface area contributed by atoms with Gasteiger partial charge in [0, 0.05) is 0 Å². The van der Waals surface area contributed by atoms with Gasteiger partial charge in [-0.3, -0.25) is 0 Å². The second-order valence-corrected chi connectivity index (χ2v) is 2.20. The molecule has 1 unspecified atom stereocenters. The largest absolute Gasteiger partial charge is 0.0911 e. The summed E-state index contributed by atoms with van der Waals surface area (Å²) in [6.45, 7) is 2.08. The van der Waals surface area contributed by atoms with Crippen molar-refractivity contribution in [2.24, 2.45) is 5.92 Å². The van der Waals surface area contributed by atoms with Crippen LogP contribution in [0.25, 0.3) is 0 Å². The molecular weight excluding hydrogens is 96.1 g/mol. The van der Waals surface area contributed by atoms with Crippen LogP contribution in [-0.2, 0) is 0 Å². The van der Waals surface area contributed by atoms with Crippen molar-refractivity contribution in [2.45, 2.75) is 19.8 Å². The normalized spacial score (nSPS) is 27.9. The lowest BCUT2D eigenvalue weighted by Crippen LogP contribution is -1.81. The molecule has 0 saturated heterocycles. The van der Waals surface area contributed by atoms with Crippen molar-refractivity contribution in [1.29, 1.82) is 0 Å². The first-order chi connectivity index (χ1) is 3.93. The van der Waals surface area contributed by atoms with E-state index in [1.165, 1.54) is 12.8 Å². The smallest absolute Gasteiger partial charge is 0.00507 e. The van der Waals surface area contributed by atoms with E-state index in [1.54, 1.807) is 0 Å². The summed E-state index contributed by atoms with van der Waals surface area (Å²) in [5, 5.41) is 0. The van der Waals surface area contributed by atoms with Crippen LogP contribution < -0.4 is 0 Å². The first-order valence-corrected chi connectivity index (χ1v) is 3.23. The minimum absolute atomic E-state index is 0.750. The molecule has 0 amide bonds. The monoisotopic (exact) mass is 108 g/mol. The van der Waals surface area contributed by atoms with Crippen molar-refractivity contribution >= 4 is 0 Å². The van der Waals surface area contributed by atoms with E-state index >= 15 is 0 Å². The van der Waals surface area contributed by atoms with Crippen molar-refractivity contribution in [3.8, 4) is 0 Å². The van der Waals surface area contributed by atoms with Gasteiger partial charge in [-0.25, -0.2) is 0 Å². The van der Waals surface area contributed by atoms with Crippen molar-refractivity contribution in [2.75, 3.05) is 0 Å². The molecule has 0 aromatic heterocycles. The van der Waals surface area contributed by atoms with Gasteiger partial charge in [-0.2, -0.15) is 0 Å². The van der Waals surface area contributed by atoms with Crippen LogP contribution in [0.3, 0.4) is 0 Å². The quantitative estimate of drug-likeness (QED) is 0.453. The van der Waals surface area contributed by atoms with E-state index in [0.717, 1.165) is 5.92 Å². The van der Waals surface area contributed by atoms with Gasteiger partial charge in [0.25, 0.3) is 0 Å². The highest BCUT2D eigenvalue weighted by Crippen LogP contribution is 2.17. The molecule has 0 spiro atoms. The van der Waals surface area contributed by atoms with E-state index in [0.29, 0.717) is 0 Å². The predicted octanol–water partition coefficient (Wildman–Crippen LogP) is 2.53. The maximum absolute atomic E-state index is 2.28. The van der Waals surface area contributed by atoms with Crippen LogP contribution in [0.2, 0.25) is 0 Å². The van der Waals surface area contributed by atoms with Gasteiger partial charge >= 0.3 is 0 Å². The van der Waals surface area contributed by atoms with Gasteiger partial charge in [0.1, 0.15) is 0 Å². The highest BCUT2D eigenvalue weighted by atomic mass is 14.1.